The molecule has 7 heteroatoms. The molecule has 5 nitrogen and oxygen atoms in total. The van der Waals surface area contributed by atoms with Crippen LogP contribution in [0.1, 0.15) is 31.7 Å². The molecule has 2 aromatic heterocycles. The van der Waals surface area contributed by atoms with E-state index in [2.05, 4.69) is 26.1 Å². The van der Waals surface area contributed by atoms with Crippen LogP contribution in [0.5, 0.6) is 0 Å². The number of thiophene rings is 1. The highest BCUT2D eigenvalue weighted by atomic mass is 79.9. The van der Waals surface area contributed by atoms with Gasteiger partial charge in [0.2, 0.25) is 5.89 Å². The number of carbonyl (C=O) groups is 1. The molecule has 2 heterocycles. The predicted molar refractivity (Wildman–Crippen MR) is 79.8 cm³/mol. The van der Waals surface area contributed by atoms with Gasteiger partial charge in [-0.25, -0.2) is 0 Å². The molecule has 0 aliphatic heterocycles. The quantitative estimate of drug-likeness (QED) is 0.876. The van der Waals surface area contributed by atoms with Crippen LogP contribution in [0.4, 0.5) is 0 Å². The van der Waals surface area contributed by atoms with Gasteiger partial charge in [-0.3, -0.25) is 4.79 Å². The number of halogens is 1. The van der Waals surface area contributed by atoms with Crippen LogP contribution >= 0.6 is 27.3 Å². The summed E-state index contributed by atoms with van der Waals surface area (Å²) in [5.41, 5.74) is 0.706. The number of nitrogens with zero attached hydrogens (tertiary/aromatic N) is 2. The zero-order valence-corrected chi connectivity index (χ0v) is 13.8. The normalized spacial score (nSPS) is 11.8. The van der Waals surface area contributed by atoms with Gasteiger partial charge in [-0.05, 0) is 39.9 Å². The van der Waals surface area contributed by atoms with Crippen molar-refractivity contribution in [2.45, 2.75) is 33.6 Å². The maximum atomic E-state index is 10.8. The van der Waals surface area contributed by atoms with Crippen LogP contribution in [-0.2, 0) is 11.2 Å². The van der Waals surface area contributed by atoms with Crippen LogP contribution in [0.3, 0.4) is 0 Å². The summed E-state index contributed by atoms with van der Waals surface area (Å²) in [6.45, 7) is 5.74. The molecule has 0 amide bonds. The van der Waals surface area contributed by atoms with Crippen molar-refractivity contribution in [3.63, 3.8) is 0 Å². The van der Waals surface area contributed by atoms with Crippen molar-refractivity contribution < 1.29 is 14.3 Å². The van der Waals surface area contributed by atoms with E-state index >= 15 is 0 Å². The third-order valence-corrected chi connectivity index (χ3v) is 4.92. The smallest absolute Gasteiger partial charge is 0.303 e. The van der Waals surface area contributed by atoms with E-state index in [1.165, 1.54) is 11.3 Å². The fraction of sp³-hybridized carbons (Fsp3) is 0.462. The predicted octanol–water partition coefficient (Wildman–Crippen LogP) is 3.91. The first kappa shape index (κ1) is 15.2. The summed E-state index contributed by atoms with van der Waals surface area (Å²) in [4.78, 5) is 11.7. The third kappa shape index (κ3) is 3.67. The number of hydrogen-bond acceptors (Lipinski definition) is 5. The zero-order chi connectivity index (χ0) is 14.9. The molecule has 0 aliphatic carbocycles. The first-order valence-corrected chi connectivity index (χ1v) is 7.68. The largest absolute Gasteiger partial charge is 0.481 e. The lowest BCUT2D eigenvalue weighted by Gasteiger charge is -2.19. The van der Waals surface area contributed by atoms with E-state index < -0.39 is 11.4 Å². The zero-order valence-electron chi connectivity index (χ0n) is 11.4. The van der Waals surface area contributed by atoms with Gasteiger partial charge in [0.05, 0.1) is 15.1 Å². The molecule has 0 fully saturated rings. The van der Waals surface area contributed by atoms with E-state index in [1.54, 1.807) is 0 Å². The molecule has 0 bridgehead atoms. The SMILES string of the molecule is Cc1cc(-c2nnc(CC(C)(C)CC(=O)O)o2)sc1Br. The topological polar surface area (TPSA) is 76.2 Å². The Morgan fingerprint density at radius 3 is 2.75 bits per heavy atom. The summed E-state index contributed by atoms with van der Waals surface area (Å²) in [6, 6.07) is 1.98. The van der Waals surface area contributed by atoms with Crippen molar-refractivity contribution >= 4 is 33.2 Å². The number of aliphatic carboxylic acids is 1. The average molecular weight is 359 g/mol. The first-order valence-electron chi connectivity index (χ1n) is 6.07. The van der Waals surface area contributed by atoms with E-state index in [0.29, 0.717) is 18.2 Å². The third-order valence-electron chi connectivity index (χ3n) is 2.79. The summed E-state index contributed by atoms with van der Waals surface area (Å²) < 4.78 is 6.67. The summed E-state index contributed by atoms with van der Waals surface area (Å²) >= 11 is 5.00. The van der Waals surface area contributed by atoms with Crippen LogP contribution in [-0.4, -0.2) is 21.3 Å². The number of aryl methyl sites for hydroxylation is 1. The lowest BCUT2D eigenvalue weighted by atomic mass is 9.86. The molecular weight excluding hydrogens is 344 g/mol. The van der Waals surface area contributed by atoms with Gasteiger partial charge in [0, 0.05) is 6.42 Å². The standard InChI is InChI=1S/C13H15BrN2O3S/c1-7-4-8(20-11(7)14)12-16-15-9(19-12)5-13(2,3)6-10(17)18/h4H,5-6H2,1-3H3,(H,17,18). The Balaban J connectivity index is 2.15. The van der Waals surface area contributed by atoms with Crippen molar-refractivity contribution in [2.24, 2.45) is 5.41 Å². The highest BCUT2D eigenvalue weighted by Crippen LogP contribution is 2.34. The van der Waals surface area contributed by atoms with E-state index in [9.17, 15) is 4.79 Å². The van der Waals surface area contributed by atoms with Crippen molar-refractivity contribution in [3.05, 3.63) is 21.3 Å². The minimum Gasteiger partial charge on any atom is -0.481 e. The van der Waals surface area contributed by atoms with Gasteiger partial charge in [0.1, 0.15) is 0 Å². The molecule has 0 radical (unpaired) electrons. The molecule has 0 unspecified atom stereocenters. The van der Waals surface area contributed by atoms with Gasteiger partial charge in [0.15, 0.2) is 0 Å². The molecule has 0 aromatic carbocycles. The lowest BCUT2D eigenvalue weighted by molar-refractivity contribution is -0.139. The minimum atomic E-state index is -0.826. The van der Waals surface area contributed by atoms with Crippen LogP contribution in [0.25, 0.3) is 10.8 Å². The molecule has 0 aliphatic rings. The highest BCUT2D eigenvalue weighted by Gasteiger charge is 2.25. The summed E-state index contributed by atoms with van der Waals surface area (Å²) in [7, 11) is 0. The number of hydrogen-bond donors (Lipinski definition) is 1. The minimum absolute atomic E-state index is 0.0639. The van der Waals surface area contributed by atoms with Gasteiger partial charge in [0.25, 0.3) is 5.89 Å². The van der Waals surface area contributed by atoms with Crippen LogP contribution in [0, 0.1) is 12.3 Å². The van der Waals surface area contributed by atoms with E-state index in [4.69, 9.17) is 9.52 Å². The molecule has 20 heavy (non-hydrogen) atoms. The molecule has 0 atom stereocenters. The number of carboxylic acids is 1. The Kier molecular flexibility index (Phi) is 4.29. The molecule has 2 aromatic rings. The molecular formula is C13H15BrN2O3S. The fourth-order valence-corrected chi connectivity index (χ4v) is 3.33. The van der Waals surface area contributed by atoms with Gasteiger partial charge >= 0.3 is 5.97 Å². The molecule has 1 N–H and O–H groups in total. The second-order valence-corrected chi connectivity index (χ2v) is 7.85. The maximum Gasteiger partial charge on any atom is 0.303 e. The fourth-order valence-electron chi connectivity index (χ4n) is 1.87. The van der Waals surface area contributed by atoms with Gasteiger partial charge in [-0.1, -0.05) is 13.8 Å². The van der Waals surface area contributed by atoms with Crippen molar-refractivity contribution in [2.75, 3.05) is 0 Å². The van der Waals surface area contributed by atoms with Crippen LogP contribution in [0.15, 0.2) is 14.3 Å². The maximum absolute atomic E-state index is 10.8. The molecule has 0 saturated carbocycles. The van der Waals surface area contributed by atoms with Crippen LogP contribution in [0.2, 0.25) is 0 Å². The monoisotopic (exact) mass is 358 g/mol. The highest BCUT2D eigenvalue weighted by molar-refractivity contribution is 9.11. The molecule has 0 saturated heterocycles. The Bertz CT molecular complexity index is 614. The van der Waals surface area contributed by atoms with Gasteiger partial charge in [-0.15, -0.1) is 21.5 Å². The number of carboxylic acid groups (broad SMARTS) is 1. The molecule has 108 valence electrons. The average Bonchev–Trinajstić information content (AvgIpc) is 2.84. The first-order chi connectivity index (χ1) is 9.27. The number of rotatable bonds is 5. The molecule has 2 rings (SSSR count). The van der Waals surface area contributed by atoms with Gasteiger partial charge in [-0.2, -0.15) is 0 Å². The summed E-state index contributed by atoms with van der Waals surface area (Å²) in [5, 5.41) is 16.9. The van der Waals surface area contributed by atoms with Crippen molar-refractivity contribution in [3.8, 4) is 10.8 Å². The second kappa shape index (κ2) is 5.65. The van der Waals surface area contributed by atoms with Crippen LogP contribution < -0.4 is 0 Å². The second-order valence-electron chi connectivity index (χ2n) is 5.48. The summed E-state index contributed by atoms with van der Waals surface area (Å²) in [5.74, 6) is 0.117. The lowest BCUT2D eigenvalue weighted by Crippen LogP contribution is -2.19. The van der Waals surface area contributed by atoms with Gasteiger partial charge < -0.3 is 9.52 Å². The Morgan fingerprint density at radius 2 is 2.20 bits per heavy atom. The Hall–Kier alpha value is -1.21. The summed E-state index contributed by atoms with van der Waals surface area (Å²) in [6.07, 6.45) is 0.506. The Labute approximate surface area is 129 Å². The number of aromatic nitrogens is 2. The molecule has 0 spiro atoms. The van der Waals surface area contributed by atoms with Crippen molar-refractivity contribution in [1.29, 1.82) is 0 Å². The van der Waals surface area contributed by atoms with E-state index in [0.717, 1.165) is 14.2 Å². The van der Waals surface area contributed by atoms with Crippen molar-refractivity contribution in [1.82, 2.24) is 10.2 Å². The Morgan fingerprint density at radius 1 is 1.50 bits per heavy atom. The van der Waals surface area contributed by atoms with E-state index in [1.807, 2.05) is 26.8 Å². The van der Waals surface area contributed by atoms with E-state index in [-0.39, 0.29) is 6.42 Å².